The molecule has 2 fully saturated rings. The third kappa shape index (κ3) is 4.84. The molecule has 2 rings (SSSR count). The van der Waals surface area contributed by atoms with E-state index in [9.17, 15) is 4.79 Å². The number of carbonyl (C=O) groups is 1. The minimum atomic E-state index is -0.0617. The highest BCUT2D eigenvalue weighted by Crippen LogP contribution is 2.37. The molecule has 1 aliphatic carbocycles. The second-order valence-electron chi connectivity index (χ2n) is 6.45. The van der Waals surface area contributed by atoms with Crippen molar-refractivity contribution in [2.24, 2.45) is 5.92 Å². The number of likely N-dealkylation sites (tertiary alicyclic amines) is 1. The lowest BCUT2D eigenvalue weighted by Gasteiger charge is -2.45. The molecule has 1 aliphatic heterocycles. The average Bonchev–Trinajstić information content (AvgIpc) is 2.48. The van der Waals surface area contributed by atoms with Crippen molar-refractivity contribution in [3.8, 4) is 0 Å². The molecule has 1 saturated heterocycles. The van der Waals surface area contributed by atoms with E-state index in [4.69, 9.17) is 4.74 Å². The Bertz CT molecular complexity index is 362. The van der Waals surface area contributed by atoms with Crippen molar-refractivity contribution in [2.75, 3.05) is 19.7 Å². The maximum absolute atomic E-state index is 11.4. The molecular formula is C18H31NO2. The Morgan fingerprint density at radius 1 is 1.38 bits per heavy atom. The van der Waals surface area contributed by atoms with Gasteiger partial charge in [-0.05, 0) is 70.9 Å². The van der Waals surface area contributed by atoms with Gasteiger partial charge in [0.05, 0.1) is 6.61 Å². The van der Waals surface area contributed by atoms with Gasteiger partial charge < -0.3 is 4.74 Å². The highest BCUT2D eigenvalue weighted by molar-refractivity contribution is 5.69. The van der Waals surface area contributed by atoms with Crippen LogP contribution in [0.5, 0.6) is 0 Å². The van der Waals surface area contributed by atoms with Crippen LogP contribution >= 0.6 is 0 Å². The lowest BCUT2D eigenvalue weighted by molar-refractivity contribution is -0.143. The molecule has 2 unspecified atom stereocenters. The first-order valence-electron chi connectivity index (χ1n) is 8.82. The number of carbonyl (C=O) groups excluding carboxylic acids is 1. The number of piperidine rings is 1. The molecule has 3 heteroatoms. The number of rotatable bonds is 6. The molecule has 0 bridgehead atoms. The van der Waals surface area contributed by atoms with Gasteiger partial charge in [-0.1, -0.05) is 18.6 Å². The van der Waals surface area contributed by atoms with Crippen molar-refractivity contribution in [1.29, 1.82) is 0 Å². The Morgan fingerprint density at radius 2 is 2.24 bits per heavy atom. The van der Waals surface area contributed by atoms with E-state index >= 15 is 0 Å². The van der Waals surface area contributed by atoms with Gasteiger partial charge in [-0.25, -0.2) is 0 Å². The molecular weight excluding hydrogens is 262 g/mol. The van der Waals surface area contributed by atoms with E-state index in [1.807, 2.05) is 6.92 Å². The van der Waals surface area contributed by atoms with Crippen molar-refractivity contribution in [3.63, 3.8) is 0 Å². The van der Waals surface area contributed by atoms with Gasteiger partial charge in [0.25, 0.3) is 0 Å². The predicted molar refractivity (Wildman–Crippen MR) is 86.2 cm³/mol. The first-order valence-corrected chi connectivity index (χ1v) is 8.82. The number of ether oxygens (including phenoxy) is 1. The van der Waals surface area contributed by atoms with Crippen LogP contribution in [0.3, 0.4) is 0 Å². The summed E-state index contributed by atoms with van der Waals surface area (Å²) in [4.78, 5) is 14.1. The minimum Gasteiger partial charge on any atom is -0.466 e. The summed E-state index contributed by atoms with van der Waals surface area (Å²) in [6.45, 7) is 7.17. The monoisotopic (exact) mass is 293 g/mol. The highest BCUT2D eigenvalue weighted by Gasteiger charge is 2.34. The van der Waals surface area contributed by atoms with Gasteiger partial charge in [0, 0.05) is 12.5 Å². The van der Waals surface area contributed by atoms with Gasteiger partial charge in [-0.2, -0.15) is 0 Å². The average molecular weight is 293 g/mol. The number of fused-ring (bicyclic) bond motifs is 1. The molecule has 120 valence electrons. The van der Waals surface area contributed by atoms with Crippen LogP contribution in [0.25, 0.3) is 0 Å². The summed E-state index contributed by atoms with van der Waals surface area (Å²) in [6.07, 6.45) is 11.6. The molecule has 0 N–H and O–H groups in total. The molecule has 1 heterocycles. The van der Waals surface area contributed by atoms with E-state index in [1.165, 1.54) is 51.6 Å². The second kappa shape index (κ2) is 8.57. The van der Waals surface area contributed by atoms with Crippen LogP contribution in [-0.2, 0) is 9.53 Å². The van der Waals surface area contributed by atoms with E-state index in [2.05, 4.69) is 17.9 Å². The van der Waals surface area contributed by atoms with Crippen LogP contribution in [0, 0.1) is 5.92 Å². The summed E-state index contributed by atoms with van der Waals surface area (Å²) in [5.41, 5.74) is 1.57. The summed E-state index contributed by atoms with van der Waals surface area (Å²) in [7, 11) is 0. The fraction of sp³-hybridized carbons (Fsp3) is 0.833. The van der Waals surface area contributed by atoms with Gasteiger partial charge in [0.1, 0.15) is 0 Å². The molecule has 0 spiro atoms. The molecule has 0 aromatic heterocycles. The topological polar surface area (TPSA) is 29.5 Å². The summed E-state index contributed by atoms with van der Waals surface area (Å²) in [5.74, 6) is 0.848. The fourth-order valence-corrected chi connectivity index (χ4v) is 3.96. The Kier molecular flexibility index (Phi) is 6.75. The molecule has 0 radical (unpaired) electrons. The molecule has 0 aromatic rings. The van der Waals surface area contributed by atoms with Gasteiger partial charge in [0.2, 0.25) is 0 Å². The summed E-state index contributed by atoms with van der Waals surface area (Å²) < 4.78 is 4.99. The molecule has 0 amide bonds. The molecule has 21 heavy (non-hydrogen) atoms. The quantitative estimate of drug-likeness (QED) is 0.549. The number of hydrogen-bond donors (Lipinski definition) is 0. The number of esters is 1. The van der Waals surface area contributed by atoms with Crippen LogP contribution < -0.4 is 0 Å². The van der Waals surface area contributed by atoms with Gasteiger partial charge in [-0.3, -0.25) is 9.69 Å². The zero-order valence-corrected chi connectivity index (χ0v) is 13.8. The van der Waals surface area contributed by atoms with Crippen LogP contribution in [0.1, 0.15) is 65.2 Å². The Balaban J connectivity index is 1.84. The summed E-state index contributed by atoms with van der Waals surface area (Å²) >= 11 is 0. The van der Waals surface area contributed by atoms with Crippen LogP contribution in [0.15, 0.2) is 11.6 Å². The van der Waals surface area contributed by atoms with Crippen molar-refractivity contribution < 1.29 is 9.53 Å². The Hall–Kier alpha value is -0.830. The predicted octanol–water partition coefficient (Wildman–Crippen LogP) is 3.93. The zero-order valence-electron chi connectivity index (χ0n) is 13.8. The standard InChI is InChI=1S/C18H31NO2/c1-3-12-19-13-6-8-16-11-10-15(14-17(16)19)7-5-9-18(20)21-4-2/h7,16-17H,3-6,8-14H2,1-2H3/b15-7+. The van der Waals surface area contributed by atoms with Crippen LogP contribution in [0.2, 0.25) is 0 Å². The molecule has 0 aromatic carbocycles. The Labute approximate surface area is 129 Å². The van der Waals surface area contributed by atoms with Gasteiger partial charge >= 0.3 is 5.97 Å². The van der Waals surface area contributed by atoms with Crippen molar-refractivity contribution >= 4 is 5.97 Å². The first-order chi connectivity index (χ1) is 10.2. The SMILES string of the molecule is CCCN1CCCC2CC/C(=C\CCC(=O)OCC)CC21. The largest absolute Gasteiger partial charge is 0.466 e. The van der Waals surface area contributed by atoms with E-state index < -0.39 is 0 Å². The van der Waals surface area contributed by atoms with Crippen molar-refractivity contribution in [1.82, 2.24) is 4.90 Å². The number of allylic oxidation sites excluding steroid dienone is 1. The third-order valence-electron chi connectivity index (χ3n) is 4.94. The third-order valence-corrected chi connectivity index (χ3v) is 4.94. The highest BCUT2D eigenvalue weighted by atomic mass is 16.5. The molecule has 3 nitrogen and oxygen atoms in total. The van der Waals surface area contributed by atoms with E-state index in [0.29, 0.717) is 13.0 Å². The van der Waals surface area contributed by atoms with Gasteiger partial charge in [0.15, 0.2) is 0 Å². The first kappa shape index (κ1) is 16.5. The Morgan fingerprint density at radius 3 is 3.00 bits per heavy atom. The number of nitrogens with zero attached hydrogens (tertiary/aromatic N) is 1. The van der Waals surface area contributed by atoms with Crippen LogP contribution in [0.4, 0.5) is 0 Å². The zero-order chi connectivity index (χ0) is 15.1. The second-order valence-corrected chi connectivity index (χ2v) is 6.45. The molecule has 1 saturated carbocycles. The minimum absolute atomic E-state index is 0.0617. The van der Waals surface area contributed by atoms with Gasteiger partial charge in [-0.15, -0.1) is 0 Å². The fourth-order valence-electron chi connectivity index (χ4n) is 3.96. The number of hydrogen-bond acceptors (Lipinski definition) is 3. The maximum atomic E-state index is 11.4. The summed E-state index contributed by atoms with van der Waals surface area (Å²) in [6, 6.07) is 0.765. The van der Waals surface area contributed by atoms with E-state index in [0.717, 1.165) is 18.4 Å². The maximum Gasteiger partial charge on any atom is 0.306 e. The summed E-state index contributed by atoms with van der Waals surface area (Å²) in [5, 5.41) is 0. The normalized spacial score (nSPS) is 28.4. The lowest BCUT2D eigenvalue weighted by Crippen LogP contribution is -2.47. The van der Waals surface area contributed by atoms with Crippen molar-refractivity contribution in [2.45, 2.75) is 71.3 Å². The van der Waals surface area contributed by atoms with E-state index in [1.54, 1.807) is 5.57 Å². The smallest absolute Gasteiger partial charge is 0.306 e. The van der Waals surface area contributed by atoms with Crippen LogP contribution in [-0.4, -0.2) is 36.6 Å². The van der Waals surface area contributed by atoms with E-state index in [-0.39, 0.29) is 5.97 Å². The van der Waals surface area contributed by atoms with Crippen molar-refractivity contribution in [3.05, 3.63) is 11.6 Å². The lowest BCUT2D eigenvalue weighted by atomic mass is 9.76. The molecule has 2 aliphatic rings. The molecule has 2 atom stereocenters.